The van der Waals surface area contributed by atoms with Crippen LogP contribution in [0.25, 0.3) is 0 Å². The molecule has 0 spiro atoms. The summed E-state index contributed by atoms with van der Waals surface area (Å²) < 4.78 is 0. The summed E-state index contributed by atoms with van der Waals surface area (Å²) in [5, 5.41) is 3.53. The Kier molecular flexibility index (Phi) is 5.16. The van der Waals surface area contributed by atoms with Gasteiger partial charge in [-0.3, -0.25) is 0 Å². The second-order valence-electron chi connectivity index (χ2n) is 4.56. The van der Waals surface area contributed by atoms with Gasteiger partial charge in [0.2, 0.25) is 0 Å². The van der Waals surface area contributed by atoms with E-state index in [1.54, 1.807) is 18.2 Å². The van der Waals surface area contributed by atoms with Crippen LogP contribution in [0, 0.1) is 0 Å². The molecule has 0 saturated heterocycles. The molecule has 1 fully saturated rings. The van der Waals surface area contributed by atoms with Crippen molar-refractivity contribution in [1.82, 2.24) is 10.8 Å². The normalized spacial score (nSPS) is 15.9. The van der Waals surface area contributed by atoms with Crippen LogP contribution in [0.3, 0.4) is 0 Å². The summed E-state index contributed by atoms with van der Waals surface area (Å²) in [5.41, 5.74) is 2.32. The van der Waals surface area contributed by atoms with Crippen LogP contribution in [0.2, 0.25) is 10.0 Å². The SMILES string of the molecule is O=C(NOc1cccc(Cl)c1Cl)NC1CCCCC1. The molecule has 1 aromatic carbocycles. The molecule has 1 aromatic rings. The molecule has 0 heterocycles. The lowest BCUT2D eigenvalue weighted by molar-refractivity contribution is 0.172. The predicted octanol–water partition coefficient (Wildman–Crippen LogP) is 3.92. The number of rotatable bonds is 3. The van der Waals surface area contributed by atoms with Gasteiger partial charge in [0.15, 0.2) is 5.75 Å². The molecule has 0 aromatic heterocycles. The molecule has 0 aliphatic heterocycles. The smallest absolute Gasteiger partial charge is 0.348 e. The number of hydrogen-bond acceptors (Lipinski definition) is 2. The summed E-state index contributed by atoms with van der Waals surface area (Å²) in [6.45, 7) is 0. The first-order chi connectivity index (χ1) is 9.16. The van der Waals surface area contributed by atoms with Crippen LogP contribution < -0.4 is 15.6 Å². The monoisotopic (exact) mass is 302 g/mol. The van der Waals surface area contributed by atoms with Gasteiger partial charge in [0.1, 0.15) is 5.02 Å². The van der Waals surface area contributed by atoms with Crippen molar-refractivity contribution in [3.8, 4) is 5.75 Å². The summed E-state index contributed by atoms with van der Waals surface area (Å²) in [5.74, 6) is 0.327. The van der Waals surface area contributed by atoms with Gasteiger partial charge in [0, 0.05) is 6.04 Å². The largest absolute Gasteiger partial charge is 0.376 e. The summed E-state index contributed by atoms with van der Waals surface area (Å²) in [7, 11) is 0. The van der Waals surface area contributed by atoms with Gasteiger partial charge >= 0.3 is 6.03 Å². The average Bonchev–Trinajstić information content (AvgIpc) is 2.42. The first-order valence-corrected chi connectivity index (χ1v) is 7.10. The zero-order valence-corrected chi connectivity index (χ0v) is 11.9. The van der Waals surface area contributed by atoms with E-state index in [0.29, 0.717) is 10.8 Å². The Bertz CT molecular complexity index is 448. The van der Waals surface area contributed by atoms with Gasteiger partial charge in [0.25, 0.3) is 0 Å². The van der Waals surface area contributed by atoms with Gasteiger partial charge in [-0.1, -0.05) is 48.5 Å². The lowest BCUT2D eigenvalue weighted by Crippen LogP contribution is -2.44. The van der Waals surface area contributed by atoms with E-state index in [1.807, 2.05) is 0 Å². The number of urea groups is 1. The number of hydroxylamine groups is 1. The fraction of sp³-hybridized carbons (Fsp3) is 0.462. The first kappa shape index (κ1) is 14.3. The van der Waals surface area contributed by atoms with Crippen LogP contribution in [-0.2, 0) is 0 Å². The van der Waals surface area contributed by atoms with E-state index in [2.05, 4.69) is 10.8 Å². The van der Waals surface area contributed by atoms with E-state index >= 15 is 0 Å². The van der Waals surface area contributed by atoms with Crippen molar-refractivity contribution in [3.63, 3.8) is 0 Å². The first-order valence-electron chi connectivity index (χ1n) is 6.34. The van der Waals surface area contributed by atoms with E-state index in [4.69, 9.17) is 28.0 Å². The summed E-state index contributed by atoms with van der Waals surface area (Å²) >= 11 is 11.8. The summed E-state index contributed by atoms with van der Waals surface area (Å²) in [6, 6.07) is 4.85. The Balaban J connectivity index is 1.81. The van der Waals surface area contributed by atoms with E-state index in [-0.39, 0.29) is 17.1 Å². The highest BCUT2D eigenvalue weighted by Gasteiger charge is 2.16. The van der Waals surface area contributed by atoms with Gasteiger partial charge in [-0.05, 0) is 25.0 Å². The summed E-state index contributed by atoms with van der Waals surface area (Å²) in [6.07, 6.45) is 5.60. The Hall–Kier alpha value is -1.13. The average molecular weight is 303 g/mol. The van der Waals surface area contributed by atoms with E-state index < -0.39 is 0 Å². The molecule has 6 heteroatoms. The molecule has 0 bridgehead atoms. The zero-order valence-electron chi connectivity index (χ0n) is 10.4. The molecule has 2 N–H and O–H groups in total. The highest BCUT2D eigenvalue weighted by Crippen LogP contribution is 2.30. The minimum Gasteiger partial charge on any atom is -0.376 e. The lowest BCUT2D eigenvalue weighted by Gasteiger charge is -2.22. The van der Waals surface area contributed by atoms with Crippen LogP contribution in [0.4, 0.5) is 4.79 Å². The third-order valence-electron chi connectivity index (χ3n) is 3.11. The third-order valence-corrected chi connectivity index (χ3v) is 3.91. The van der Waals surface area contributed by atoms with Crippen molar-refractivity contribution >= 4 is 29.2 Å². The number of nitrogens with one attached hydrogen (secondary N) is 2. The van der Waals surface area contributed by atoms with Crippen LogP contribution in [0.1, 0.15) is 32.1 Å². The fourth-order valence-electron chi connectivity index (χ4n) is 2.13. The van der Waals surface area contributed by atoms with Crippen molar-refractivity contribution in [2.75, 3.05) is 0 Å². The number of amides is 2. The van der Waals surface area contributed by atoms with E-state index in [1.165, 1.54) is 6.42 Å². The van der Waals surface area contributed by atoms with Gasteiger partial charge in [-0.15, -0.1) is 0 Å². The Labute approximate surface area is 122 Å². The molecule has 1 aliphatic carbocycles. The molecule has 0 unspecified atom stereocenters. The van der Waals surface area contributed by atoms with Crippen LogP contribution in [0.15, 0.2) is 18.2 Å². The Morgan fingerprint density at radius 2 is 1.95 bits per heavy atom. The number of carbonyl (C=O) groups is 1. The van der Waals surface area contributed by atoms with E-state index in [9.17, 15) is 4.79 Å². The van der Waals surface area contributed by atoms with Gasteiger partial charge in [0.05, 0.1) is 5.02 Å². The topological polar surface area (TPSA) is 50.4 Å². The molecule has 1 aliphatic rings. The quantitative estimate of drug-likeness (QED) is 0.832. The van der Waals surface area contributed by atoms with Gasteiger partial charge < -0.3 is 10.2 Å². The minimum atomic E-state index is -0.358. The van der Waals surface area contributed by atoms with Crippen LogP contribution >= 0.6 is 23.2 Å². The van der Waals surface area contributed by atoms with Crippen molar-refractivity contribution in [2.45, 2.75) is 38.1 Å². The summed E-state index contributed by atoms with van der Waals surface area (Å²) in [4.78, 5) is 16.8. The number of benzene rings is 1. The molecule has 19 heavy (non-hydrogen) atoms. The number of carbonyl (C=O) groups excluding carboxylic acids is 1. The Morgan fingerprint density at radius 1 is 1.21 bits per heavy atom. The molecule has 104 valence electrons. The maximum Gasteiger partial charge on any atom is 0.348 e. The molecular weight excluding hydrogens is 287 g/mol. The van der Waals surface area contributed by atoms with Gasteiger partial charge in [-0.25, -0.2) is 4.79 Å². The number of halogens is 2. The van der Waals surface area contributed by atoms with E-state index in [0.717, 1.165) is 25.7 Å². The standard InChI is InChI=1S/C13H16Cl2N2O2/c14-10-7-4-8-11(12(10)15)19-17-13(18)16-9-5-2-1-3-6-9/h4,7-9H,1-3,5-6H2,(H2,16,17,18). The van der Waals surface area contributed by atoms with Crippen molar-refractivity contribution < 1.29 is 9.63 Å². The highest BCUT2D eigenvalue weighted by atomic mass is 35.5. The second kappa shape index (κ2) is 6.87. The third kappa shape index (κ3) is 4.18. The van der Waals surface area contributed by atoms with Crippen molar-refractivity contribution in [1.29, 1.82) is 0 Å². The molecular formula is C13H16Cl2N2O2. The maximum absolute atomic E-state index is 11.7. The lowest BCUT2D eigenvalue weighted by atomic mass is 9.96. The van der Waals surface area contributed by atoms with Gasteiger partial charge in [-0.2, -0.15) is 5.48 Å². The van der Waals surface area contributed by atoms with Crippen molar-refractivity contribution in [2.24, 2.45) is 0 Å². The molecule has 0 radical (unpaired) electrons. The molecule has 4 nitrogen and oxygen atoms in total. The molecule has 0 atom stereocenters. The zero-order chi connectivity index (χ0) is 13.7. The minimum absolute atomic E-state index is 0.229. The molecule has 2 amide bonds. The predicted molar refractivity (Wildman–Crippen MR) is 75.6 cm³/mol. The molecule has 1 saturated carbocycles. The second-order valence-corrected chi connectivity index (χ2v) is 5.35. The Morgan fingerprint density at radius 3 is 2.68 bits per heavy atom. The molecule has 2 rings (SSSR count). The number of hydrogen-bond donors (Lipinski definition) is 2. The van der Waals surface area contributed by atoms with Crippen LogP contribution in [0.5, 0.6) is 5.75 Å². The van der Waals surface area contributed by atoms with Crippen molar-refractivity contribution in [3.05, 3.63) is 28.2 Å². The van der Waals surface area contributed by atoms with Crippen LogP contribution in [-0.4, -0.2) is 12.1 Å². The fourth-order valence-corrected chi connectivity index (χ4v) is 2.46. The maximum atomic E-state index is 11.7. The highest BCUT2D eigenvalue weighted by molar-refractivity contribution is 6.42.